The molecule has 5 nitrogen and oxygen atoms in total. The number of hydrazine groups is 1. The van der Waals surface area contributed by atoms with Gasteiger partial charge >= 0.3 is 0 Å². The number of aryl methyl sites for hydroxylation is 1. The van der Waals surface area contributed by atoms with E-state index in [1.54, 1.807) is 6.20 Å². The van der Waals surface area contributed by atoms with Crippen LogP contribution in [0, 0.1) is 0 Å². The molecule has 4 N–H and O–H groups in total. The summed E-state index contributed by atoms with van der Waals surface area (Å²) >= 11 is 0. The van der Waals surface area contributed by atoms with Gasteiger partial charge in [0.1, 0.15) is 0 Å². The zero-order valence-corrected chi connectivity index (χ0v) is 16.3. The number of benzene rings is 2. The minimum absolute atomic E-state index is 0.384. The zero-order chi connectivity index (χ0) is 19.5. The van der Waals surface area contributed by atoms with Crippen molar-refractivity contribution < 1.29 is 0 Å². The van der Waals surface area contributed by atoms with Gasteiger partial charge in [0.2, 0.25) is 0 Å². The largest absolute Gasteiger partial charge is 0.403 e. The van der Waals surface area contributed by atoms with E-state index < -0.39 is 0 Å². The van der Waals surface area contributed by atoms with Crippen LogP contribution in [0.3, 0.4) is 0 Å². The van der Waals surface area contributed by atoms with Crippen molar-refractivity contribution in [2.45, 2.75) is 31.7 Å². The SMILES string of the molecule is Cn1cc(-c2ccc(-c3ccc(/C(=C/N)N(N)C4CCCC4)cc3)cc2)cn1. The average Bonchev–Trinajstić information content (AvgIpc) is 3.41. The summed E-state index contributed by atoms with van der Waals surface area (Å²) in [6.07, 6.45) is 10.3. The fourth-order valence-corrected chi connectivity index (χ4v) is 3.97. The predicted molar refractivity (Wildman–Crippen MR) is 115 cm³/mol. The Morgan fingerprint density at radius 2 is 1.50 bits per heavy atom. The van der Waals surface area contributed by atoms with Crippen LogP contribution in [0.15, 0.2) is 67.1 Å². The molecule has 0 amide bonds. The van der Waals surface area contributed by atoms with Gasteiger partial charge in [-0.1, -0.05) is 61.4 Å². The molecule has 2 aromatic carbocycles. The number of aromatic nitrogens is 2. The van der Waals surface area contributed by atoms with Crippen LogP contribution in [0.4, 0.5) is 0 Å². The van der Waals surface area contributed by atoms with E-state index in [-0.39, 0.29) is 0 Å². The highest BCUT2D eigenvalue weighted by molar-refractivity contribution is 5.72. The fraction of sp³-hybridized carbons (Fsp3) is 0.261. The highest BCUT2D eigenvalue weighted by atomic mass is 15.4. The molecule has 1 heterocycles. The van der Waals surface area contributed by atoms with Crippen molar-refractivity contribution in [2.24, 2.45) is 18.6 Å². The summed E-state index contributed by atoms with van der Waals surface area (Å²) < 4.78 is 1.82. The lowest BCUT2D eigenvalue weighted by atomic mass is 10.00. The van der Waals surface area contributed by atoms with Gasteiger partial charge in [-0.15, -0.1) is 0 Å². The van der Waals surface area contributed by atoms with Gasteiger partial charge in [0.05, 0.1) is 11.9 Å². The normalized spacial score (nSPS) is 15.1. The lowest BCUT2D eigenvalue weighted by Gasteiger charge is -2.28. The Balaban J connectivity index is 1.52. The van der Waals surface area contributed by atoms with Gasteiger partial charge in [-0.2, -0.15) is 5.10 Å². The standard InChI is InChI=1S/C23H27N5/c1-27-16-21(15-26-27)19-8-6-17(7-9-19)18-10-12-20(13-11-18)23(14-24)28(25)22-4-2-3-5-22/h6-16,22H,2-5,24-25H2,1H3/b23-14-. The molecule has 1 fully saturated rings. The number of rotatable bonds is 5. The first kappa shape index (κ1) is 18.3. The topological polar surface area (TPSA) is 73.1 Å². The molecule has 4 rings (SSSR count). The molecular formula is C23H27N5. The van der Waals surface area contributed by atoms with Gasteiger partial charge in [0.15, 0.2) is 0 Å². The van der Waals surface area contributed by atoms with Crippen molar-refractivity contribution in [1.82, 2.24) is 14.8 Å². The van der Waals surface area contributed by atoms with Crippen LogP contribution >= 0.6 is 0 Å². The summed E-state index contributed by atoms with van der Waals surface area (Å²) in [6.45, 7) is 0. The summed E-state index contributed by atoms with van der Waals surface area (Å²) in [4.78, 5) is 0. The summed E-state index contributed by atoms with van der Waals surface area (Å²) in [5.41, 5.74) is 12.5. The zero-order valence-electron chi connectivity index (χ0n) is 16.3. The molecule has 1 saturated carbocycles. The van der Waals surface area contributed by atoms with E-state index in [9.17, 15) is 0 Å². The molecule has 0 unspecified atom stereocenters. The molecule has 0 spiro atoms. The molecular weight excluding hydrogens is 346 g/mol. The van der Waals surface area contributed by atoms with Crippen molar-refractivity contribution in [3.05, 3.63) is 72.7 Å². The van der Waals surface area contributed by atoms with Crippen LogP contribution in [-0.2, 0) is 7.05 Å². The Kier molecular flexibility index (Phi) is 5.17. The van der Waals surface area contributed by atoms with E-state index in [4.69, 9.17) is 11.6 Å². The van der Waals surface area contributed by atoms with Crippen molar-refractivity contribution in [3.8, 4) is 22.3 Å². The highest BCUT2D eigenvalue weighted by Crippen LogP contribution is 2.29. The smallest absolute Gasteiger partial charge is 0.0747 e. The van der Waals surface area contributed by atoms with Crippen LogP contribution < -0.4 is 11.6 Å². The van der Waals surface area contributed by atoms with E-state index in [1.807, 2.05) is 29.1 Å². The van der Waals surface area contributed by atoms with Gasteiger partial charge < -0.3 is 10.7 Å². The molecule has 5 heteroatoms. The molecule has 0 radical (unpaired) electrons. The third kappa shape index (κ3) is 3.66. The van der Waals surface area contributed by atoms with Crippen molar-refractivity contribution in [3.63, 3.8) is 0 Å². The summed E-state index contributed by atoms with van der Waals surface area (Å²) in [5.74, 6) is 6.37. The Bertz CT molecular complexity index is 947. The van der Waals surface area contributed by atoms with E-state index >= 15 is 0 Å². The van der Waals surface area contributed by atoms with E-state index in [2.05, 4.69) is 53.6 Å². The molecule has 28 heavy (non-hydrogen) atoms. The molecule has 1 aliphatic rings. The van der Waals surface area contributed by atoms with E-state index in [0.29, 0.717) is 6.04 Å². The van der Waals surface area contributed by atoms with E-state index in [0.717, 1.165) is 35.2 Å². The van der Waals surface area contributed by atoms with Gasteiger partial charge in [-0.05, 0) is 29.5 Å². The Morgan fingerprint density at radius 3 is 2.00 bits per heavy atom. The number of nitrogens with zero attached hydrogens (tertiary/aromatic N) is 3. The lowest BCUT2D eigenvalue weighted by molar-refractivity contribution is 0.306. The maximum atomic E-state index is 6.37. The minimum atomic E-state index is 0.384. The molecule has 0 saturated heterocycles. The number of nitrogens with two attached hydrogens (primary N) is 2. The quantitative estimate of drug-likeness (QED) is 0.521. The van der Waals surface area contributed by atoms with Crippen LogP contribution in [0.2, 0.25) is 0 Å². The fourth-order valence-electron chi connectivity index (χ4n) is 3.97. The third-order valence-corrected chi connectivity index (χ3v) is 5.59. The predicted octanol–water partition coefficient (Wildman–Crippen LogP) is 4.13. The Labute approximate surface area is 166 Å². The second kappa shape index (κ2) is 7.90. The van der Waals surface area contributed by atoms with Crippen LogP contribution in [0.5, 0.6) is 0 Å². The average molecular weight is 374 g/mol. The van der Waals surface area contributed by atoms with Crippen molar-refractivity contribution in [1.29, 1.82) is 0 Å². The Hall–Kier alpha value is -3.05. The lowest BCUT2D eigenvalue weighted by Crippen LogP contribution is -2.38. The first-order valence-electron chi connectivity index (χ1n) is 9.81. The van der Waals surface area contributed by atoms with Crippen molar-refractivity contribution in [2.75, 3.05) is 0 Å². The molecule has 0 bridgehead atoms. The maximum Gasteiger partial charge on any atom is 0.0747 e. The molecule has 1 aliphatic carbocycles. The van der Waals surface area contributed by atoms with Crippen LogP contribution in [-0.4, -0.2) is 20.8 Å². The number of hydrogen-bond donors (Lipinski definition) is 2. The van der Waals surface area contributed by atoms with Gasteiger partial charge in [0.25, 0.3) is 0 Å². The second-order valence-corrected chi connectivity index (χ2v) is 7.45. The van der Waals surface area contributed by atoms with Gasteiger partial charge in [-0.3, -0.25) is 4.68 Å². The van der Waals surface area contributed by atoms with Crippen LogP contribution in [0.25, 0.3) is 28.0 Å². The molecule has 3 aromatic rings. The molecule has 144 valence electrons. The minimum Gasteiger partial charge on any atom is -0.403 e. The summed E-state index contributed by atoms with van der Waals surface area (Å²) in [6, 6.07) is 17.4. The van der Waals surface area contributed by atoms with E-state index in [1.165, 1.54) is 24.0 Å². The summed E-state index contributed by atoms with van der Waals surface area (Å²) in [7, 11) is 1.93. The monoisotopic (exact) mass is 373 g/mol. The third-order valence-electron chi connectivity index (χ3n) is 5.59. The van der Waals surface area contributed by atoms with Crippen LogP contribution in [0.1, 0.15) is 31.2 Å². The second-order valence-electron chi connectivity index (χ2n) is 7.45. The number of hydrogen-bond acceptors (Lipinski definition) is 4. The summed E-state index contributed by atoms with van der Waals surface area (Å²) in [5, 5.41) is 6.09. The van der Waals surface area contributed by atoms with Crippen molar-refractivity contribution >= 4 is 5.70 Å². The molecule has 0 atom stereocenters. The molecule has 1 aromatic heterocycles. The Morgan fingerprint density at radius 1 is 0.964 bits per heavy atom. The maximum absolute atomic E-state index is 6.37. The molecule has 0 aliphatic heterocycles. The van der Waals surface area contributed by atoms with Gasteiger partial charge in [0, 0.05) is 36.6 Å². The highest BCUT2D eigenvalue weighted by Gasteiger charge is 2.22. The first-order valence-corrected chi connectivity index (χ1v) is 9.81. The van der Waals surface area contributed by atoms with Gasteiger partial charge in [-0.25, -0.2) is 5.84 Å². The first-order chi connectivity index (χ1) is 13.7.